The second kappa shape index (κ2) is 7.43. The molecule has 27 heavy (non-hydrogen) atoms. The van der Waals surface area contributed by atoms with Gasteiger partial charge in [0.25, 0.3) is 5.91 Å². The van der Waals surface area contributed by atoms with E-state index in [9.17, 15) is 9.59 Å². The average Bonchev–Trinajstić information content (AvgIpc) is 3.04. The van der Waals surface area contributed by atoms with Gasteiger partial charge in [0.2, 0.25) is 5.91 Å². The number of carbonyl (C=O) groups is 2. The molecule has 0 radical (unpaired) electrons. The van der Waals surface area contributed by atoms with E-state index in [1.54, 1.807) is 0 Å². The SMILES string of the molecule is O=C1NC2(CCN(C(=O)COc3ccccc3)CC2)C[C@@H]1c1ccccc1. The third-order valence-corrected chi connectivity index (χ3v) is 5.68. The van der Waals surface area contributed by atoms with Crippen LogP contribution in [0.5, 0.6) is 5.75 Å². The first-order chi connectivity index (χ1) is 13.2. The lowest BCUT2D eigenvalue weighted by atomic mass is 9.82. The summed E-state index contributed by atoms with van der Waals surface area (Å²) >= 11 is 0. The zero-order valence-electron chi connectivity index (χ0n) is 15.3. The highest BCUT2D eigenvalue weighted by atomic mass is 16.5. The number of piperidine rings is 1. The summed E-state index contributed by atoms with van der Waals surface area (Å²) in [5.74, 6) is 0.717. The summed E-state index contributed by atoms with van der Waals surface area (Å²) in [5, 5.41) is 3.23. The molecular weight excluding hydrogens is 340 g/mol. The number of hydrogen-bond donors (Lipinski definition) is 1. The maximum absolute atomic E-state index is 12.5. The van der Waals surface area contributed by atoms with Crippen molar-refractivity contribution in [3.05, 3.63) is 66.2 Å². The molecule has 2 aliphatic heterocycles. The van der Waals surface area contributed by atoms with Crippen molar-refractivity contribution in [1.29, 1.82) is 0 Å². The maximum atomic E-state index is 12.5. The normalized spacial score (nSPS) is 21.1. The van der Waals surface area contributed by atoms with Crippen LogP contribution in [0.4, 0.5) is 0 Å². The van der Waals surface area contributed by atoms with Crippen LogP contribution < -0.4 is 10.1 Å². The van der Waals surface area contributed by atoms with Crippen molar-refractivity contribution < 1.29 is 14.3 Å². The Bertz CT molecular complexity index is 799. The van der Waals surface area contributed by atoms with E-state index in [2.05, 4.69) is 5.32 Å². The quantitative estimate of drug-likeness (QED) is 0.908. The monoisotopic (exact) mass is 364 g/mol. The second-order valence-electron chi connectivity index (χ2n) is 7.42. The van der Waals surface area contributed by atoms with Gasteiger partial charge in [-0.15, -0.1) is 0 Å². The van der Waals surface area contributed by atoms with Crippen molar-refractivity contribution >= 4 is 11.8 Å². The van der Waals surface area contributed by atoms with Crippen LogP contribution in [0.2, 0.25) is 0 Å². The van der Waals surface area contributed by atoms with E-state index in [-0.39, 0.29) is 29.9 Å². The van der Waals surface area contributed by atoms with E-state index >= 15 is 0 Å². The van der Waals surface area contributed by atoms with Crippen molar-refractivity contribution in [2.45, 2.75) is 30.7 Å². The lowest BCUT2D eigenvalue weighted by Crippen LogP contribution is -2.52. The molecule has 0 bridgehead atoms. The molecule has 1 atom stereocenters. The summed E-state index contributed by atoms with van der Waals surface area (Å²) in [5.41, 5.74) is 0.885. The molecule has 2 aliphatic rings. The third-order valence-electron chi connectivity index (χ3n) is 5.68. The number of rotatable bonds is 4. The van der Waals surface area contributed by atoms with Gasteiger partial charge in [-0.05, 0) is 37.0 Å². The van der Waals surface area contributed by atoms with Crippen LogP contribution in [0.25, 0.3) is 0 Å². The van der Waals surface area contributed by atoms with E-state index in [0.29, 0.717) is 18.8 Å². The number of benzene rings is 2. The third kappa shape index (κ3) is 3.82. The van der Waals surface area contributed by atoms with E-state index < -0.39 is 0 Å². The summed E-state index contributed by atoms with van der Waals surface area (Å²) in [6.45, 7) is 1.35. The number of amides is 2. The number of likely N-dealkylation sites (tertiary alicyclic amines) is 1. The van der Waals surface area contributed by atoms with Gasteiger partial charge in [-0.3, -0.25) is 9.59 Å². The summed E-state index contributed by atoms with van der Waals surface area (Å²) in [7, 11) is 0. The van der Waals surface area contributed by atoms with Crippen LogP contribution in [0.3, 0.4) is 0 Å². The zero-order valence-corrected chi connectivity index (χ0v) is 15.3. The van der Waals surface area contributed by atoms with E-state index in [0.717, 1.165) is 24.8 Å². The van der Waals surface area contributed by atoms with Crippen LogP contribution in [0.15, 0.2) is 60.7 Å². The molecule has 0 unspecified atom stereocenters. The Morgan fingerprint density at radius 2 is 1.67 bits per heavy atom. The van der Waals surface area contributed by atoms with Gasteiger partial charge in [0.05, 0.1) is 5.92 Å². The fraction of sp³-hybridized carbons (Fsp3) is 0.364. The summed E-state index contributed by atoms with van der Waals surface area (Å²) in [4.78, 5) is 26.8. The highest BCUT2D eigenvalue weighted by Gasteiger charge is 2.46. The molecular formula is C22H24N2O3. The highest BCUT2D eigenvalue weighted by Crippen LogP contribution is 2.39. The molecule has 1 N–H and O–H groups in total. The van der Waals surface area contributed by atoms with Crippen LogP contribution >= 0.6 is 0 Å². The Hall–Kier alpha value is -2.82. The van der Waals surface area contributed by atoms with Crippen molar-refractivity contribution in [2.24, 2.45) is 0 Å². The number of nitrogens with zero attached hydrogens (tertiary/aromatic N) is 1. The first kappa shape index (κ1) is 17.6. The molecule has 2 heterocycles. The molecule has 1 spiro atoms. The van der Waals surface area contributed by atoms with Gasteiger partial charge in [-0.1, -0.05) is 48.5 Å². The second-order valence-corrected chi connectivity index (χ2v) is 7.42. The first-order valence-electron chi connectivity index (χ1n) is 9.48. The van der Waals surface area contributed by atoms with Crippen LogP contribution in [-0.2, 0) is 9.59 Å². The zero-order chi connectivity index (χ0) is 18.7. The molecule has 4 rings (SSSR count). The maximum Gasteiger partial charge on any atom is 0.260 e. The van der Waals surface area contributed by atoms with Crippen molar-refractivity contribution in [2.75, 3.05) is 19.7 Å². The van der Waals surface area contributed by atoms with Crippen molar-refractivity contribution in [1.82, 2.24) is 10.2 Å². The van der Waals surface area contributed by atoms with E-state index in [1.807, 2.05) is 65.6 Å². The Kier molecular flexibility index (Phi) is 4.84. The van der Waals surface area contributed by atoms with E-state index in [4.69, 9.17) is 4.74 Å². The number of carbonyl (C=O) groups excluding carboxylic acids is 2. The van der Waals surface area contributed by atoms with Gasteiger partial charge < -0.3 is 15.0 Å². The Morgan fingerprint density at radius 1 is 1.04 bits per heavy atom. The molecule has 2 saturated heterocycles. The van der Waals surface area contributed by atoms with Crippen LogP contribution in [-0.4, -0.2) is 41.9 Å². The lowest BCUT2D eigenvalue weighted by Gasteiger charge is -2.39. The Balaban J connectivity index is 1.32. The molecule has 5 nitrogen and oxygen atoms in total. The fourth-order valence-electron chi connectivity index (χ4n) is 4.10. The van der Waals surface area contributed by atoms with Gasteiger partial charge in [-0.2, -0.15) is 0 Å². The van der Waals surface area contributed by atoms with E-state index in [1.165, 1.54) is 0 Å². The molecule has 2 fully saturated rings. The Morgan fingerprint density at radius 3 is 2.33 bits per heavy atom. The van der Waals surface area contributed by atoms with Gasteiger partial charge in [0, 0.05) is 18.6 Å². The molecule has 5 heteroatoms. The summed E-state index contributed by atoms with van der Waals surface area (Å²) < 4.78 is 5.57. The first-order valence-corrected chi connectivity index (χ1v) is 9.48. The molecule has 2 aromatic carbocycles. The van der Waals surface area contributed by atoms with Gasteiger partial charge >= 0.3 is 0 Å². The van der Waals surface area contributed by atoms with Gasteiger partial charge in [0.1, 0.15) is 5.75 Å². The molecule has 0 aromatic heterocycles. The molecule has 0 aliphatic carbocycles. The predicted octanol–water partition coefficient (Wildman–Crippen LogP) is 2.73. The number of nitrogens with one attached hydrogen (secondary N) is 1. The standard InChI is InChI=1S/C22H24N2O3/c25-20(16-27-18-9-5-2-6-10-18)24-13-11-22(12-14-24)15-19(21(26)23-22)17-7-3-1-4-8-17/h1-10,19H,11-16H2,(H,23,26)/t19-/m1/s1. The number of para-hydroxylation sites is 1. The highest BCUT2D eigenvalue weighted by molar-refractivity contribution is 5.87. The number of hydrogen-bond acceptors (Lipinski definition) is 3. The minimum absolute atomic E-state index is 0.00219. The smallest absolute Gasteiger partial charge is 0.260 e. The fourth-order valence-corrected chi connectivity index (χ4v) is 4.10. The topological polar surface area (TPSA) is 58.6 Å². The van der Waals surface area contributed by atoms with Gasteiger partial charge in [-0.25, -0.2) is 0 Å². The number of ether oxygens (including phenoxy) is 1. The molecule has 140 valence electrons. The van der Waals surface area contributed by atoms with Crippen LogP contribution in [0.1, 0.15) is 30.7 Å². The Labute approximate surface area is 159 Å². The minimum Gasteiger partial charge on any atom is -0.484 e. The molecule has 2 amide bonds. The van der Waals surface area contributed by atoms with Crippen LogP contribution in [0, 0.1) is 0 Å². The summed E-state index contributed by atoms with van der Waals surface area (Å²) in [6.07, 6.45) is 2.39. The minimum atomic E-state index is -0.186. The largest absolute Gasteiger partial charge is 0.484 e. The average molecular weight is 364 g/mol. The molecule has 2 aromatic rings. The lowest BCUT2D eigenvalue weighted by molar-refractivity contribution is -0.135. The van der Waals surface area contributed by atoms with Crippen molar-refractivity contribution in [3.63, 3.8) is 0 Å². The molecule has 0 saturated carbocycles. The predicted molar refractivity (Wildman–Crippen MR) is 102 cm³/mol. The summed E-state index contributed by atoms with van der Waals surface area (Å²) in [6, 6.07) is 19.3. The van der Waals surface area contributed by atoms with Crippen molar-refractivity contribution in [3.8, 4) is 5.75 Å². The van der Waals surface area contributed by atoms with Gasteiger partial charge in [0.15, 0.2) is 6.61 Å².